The zero-order chi connectivity index (χ0) is 14.4. The van der Waals surface area contributed by atoms with Crippen molar-refractivity contribution in [2.24, 2.45) is 0 Å². The van der Waals surface area contributed by atoms with Crippen molar-refractivity contribution >= 4 is 21.9 Å². The zero-order valence-corrected chi connectivity index (χ0v) is 11.4. The highest BCUT2D eigenvalue weighted by molar-refractivity contribution is 5.92. The number of aromatic amines is 1. The van der Waals surface area contributed by atoms with Gasteiger partial charge in [-0.25, -0.2) is 4.68 Å². The Bertz CT molecular complexity index is 1010. The summed E-state index contributed by atoms with van der Waals surface area (Å²) in [7, 11) is 0. The number of nitrogens with one attached hydrogen (secondary N) is 1. The van der Waals surface area contributed by atoms with Gasteiger partial charge in [-0.3, -0.25) is 9.78 Å². The SMILES string of the molecule is Cc1nn(-c2ccncc2)c2[nH]c3ccccc3c(=O)c12. The Labute approximate surface area is 119 Å². The first kappa shape index (κ1) is 11.8. The summed E-state index contributed by atoms with van der Waals surface area (Å²) in [5, 5.41) is 5.81. The fraction of sp³-hybridized carbons (Fsp3) is 0.0625. The second-order valence-corrected chi connectivity index (χ2v) is 4.93. The van der Waals surface area contributed by atoms with Gasteiger partial charge in [-0.15, -0.1) is 0 Å². The van der Waals surface area contributed by atoms with E-state index in [2.05, 4.69) is 15.1 Å². The lowest BCUT2D eigenvalue weighted by molar-refractivity contribution is 0.877. The summed E-state index contributed by atoms with van der Waals surface area (Å²) in [4.78, 5) is 20.0. The summed E-state index contributed by atoms with van der Waals surface area (Å²) in [5.41, 5.74) is 3.12. The van der Waals surface area contributed by atoms with Crippen LogP contribution in [0.25, 0.3) is 27.6 Å². The Balaban J connectivity index is 2.19. The highest BCUT2D eigenvalue weighted by Gasteiger charge is 2.14. The molecule has 0 saturated heterocycles. The smallest absolute Gasteiger partial charge is 0.200 e. The van der Waals surface area contributed by atoms with Crippen LogP contribution >= 0.6 is 0 Å². The number of hydrogen-bond donors (Lipinski definition) is 1. The van der Waals surface area contributed by atoms with Gasteiger partial charge in [-0.05, 0) is 31.2 Å². The van der Waals surface area contributed by atoms with E-state index in [0.29, 0.717) is 22.1 Å². The summed E-state index contributed by atoms with van der Waals surface area (Å²) >= 11 is 0. The number of rotatable bonds is 1. The molecule has 21 heavy (non-hydrogen) atoms. The zero-order valence-electron chi connectivity index (χ0n) is 11.4. The van der Waals surface area contributed by atoms with Crippen LogP contribution in [0.15, 0.2) is 53.6 Å². The lowest BCUT2D eigenvalue weighted by atomic mass is 10.1. The van der Waals surface area contributed by atoms with Gasteiger partial charge >= 0.3 is 0 Å². The number of pyridine rings is 2. The molecule has 1 aromatic carbocycles. The topological polar surface area (TPSA) is 63.6 Å². The van der Waals surface area contributed by atoms with Crippen LogP contribution in [0.2, 0.25) is 0 Å². The predicted octanol–water partition coefficient (Wildman–Crippen LogP) is 2.57. The summed E-state index contributed by atoms with van der Waals surface area (Å²) in [6.45, 7) is 1.85. The van der Waals surface area contributed by atoms with E-state index >= 15 is 0 Å². The molecule has 0 aliphatic rings. The number of H-pyrrole nitrogens is 1. The Morgan fingerprint density at radius 2 is 1.86 bits per heavy atom. The summed E-state index contributed by atoms with van der Waals surface area (Å²) in [5.74, 6) is 0. The third kappa shape index (κ3) is 1.67. The molecule has 4 aromatic rings. The molecule has 0 aliphatic heterocycles. The minimum absolute atomic E-state index is 0.0113. The molecule has 102 valence electrons. The van der Waals surface area contributed by atoms with Crippen molar-refractivity contribution in [1.82, 2.24) is 19.7 Å². The lowest BCUT2D eigenvalue weighted by Gasteiger charge is -2.04. The van der Waals surface area contributed by atoms with Crippen LogP contribution in [-0.2, 0) is 0 Å². The van der Waals surface area contributed by atoms with Crippen LogP contribution in [0, 0.1) is 6.92 Å². The van der Waals surface area contributed by atoms with Crippen molar-refractivity contribution in [2.75, 3.05) is 0 Å². The monoisotopic (exact) mass is 276 g/mol. The Morgan fingerprint density at radius 1 is 1.10 bits per heavy atom. The lowest BCUT2D eigenvalue weighted by Crippen LogP contribution is -2.05. The molecule has 0 saturated carbocycles. The van der Waals surface area contributed by atoms with Gasteiger partial charge in [-0.1, -0.05) is 12.1 Å². The van der Waals surface area contributed by atoms with E-state index in [-0.39, 0.29) is 5.43 Å². The van der Waals surface area contributed by atoms with Crippen LogP contribution in [0.4, 0.5) is 0 Å². The van der Waals surface area contributed by atoms with Crippen molar-refractivity contribution in [3.8, 4) is 5.69 Å². The molecule has 0 radical (unpaired) electrons. The van der Waals surface area contributed by atoms with Crippen LogP contribution in [0.1, 0.15) is 5.69 Å². The number of aromatic nitrogens is 4. The molecule has 0 fully saturated rings. The molecule has 0 unspecified atom stereocenters. The van der Waals surface area contributed by atoms with E-state index in [9.17, 15) is 4.79 Å². The minimum Gasteiger partial charge on any atom is -0.339 e. The quantitative estimate of drug-likeness (QED) is 0.581. The molecular weight excluding hydrogens is 264 g/mol. The average molecular weight is 276 g/mol. The predicted molar refractivity (Wildman–Crippen MR) is 81.7 cm³/mol. The maximum atomic E-state index is 12.7. The first-order valence-electron chi connectivity index (χ1n) is 6.66. The standard InChI is InChI=1S/C16H12N4O/c1-10-14-15(21)12-4-2-3-5-13(12)18-16(14)20(19-10)11-6-8-17-9-7-11/h2-9H,1H3,(H,18,21). The van der Waals surface area contributed by atoms with Gasteiger partial charge in [-0.2, -0.15) is 5.10 Å². The Hall–Kier alpha value is -2.95. The second kappa shape index (κ2) is 4.28. The van der Waals surface area contributed by atoms with E-state index in [4.69, 9.17) is 0 Å². The number of hydrogen-bond acceptors (Lipinski definition) is 3. The van der Waals surface area contributed by atoms with Gasteiger partial charge < -0.3 is 4.98 Å². The Morgan fingerprint density at radius 3 is 2.67 bits per heavy atom. The third-order valence-corrected chi connectivity index (χ3v) is 3.62. The molecule has 0 amide bonds. The first-order valence-corrected chi connectivity index (χ1v) is 6.66. The largest absolute Gasteiger partial charge is 0.339 e. The van der Waals surface area contributed by atoms with E-state index < -0.39 is 0 Å². The van der Waals surface area contributed by atoms with Crippen molar-refractivity contribution in [3.63, 3.8) is 0 Å². The molecular formula is C16H12N4O. The van der Waals surface area contributed by atoms with E-state index in [1.807, 2.05) is 43.3 Å². The summed E-state index contributed by atoms with van der Waals surface area (Å²) in [6.07, 6.45) is 3.41. The molecule has 3 aromatic heterocycles. The number of nitrogens with zero attached hydrogens (tertiary/aromatic N) is 3. The molecule has 5 nitrogen and oxygen atoms in total. The summed E-state index contributed by atoms with van der Waals surface area (Å²) in [6, 6.07) is 11.2. The molecule has 0 spiro atoms. The van der Waals surface area contributed by atoms with Crippen molar-refractivity contribution in [3.05, 3.63) is 64.7 Å². The van der Waals surface area contributed by atoms with Gasteiger partial charge in [0.05, 0.1) is 22.3 Å². The first-order chi connectivity index (χ1) is 10.3. The highest BCUT2D eigenvalue weighted by atomic mass is 16.1. The fourth-order valence-electron chi connectivity index (χ4n) is 2.64. The van der Waals surface area contributed by atoms with E-state index in [1.54, 1.807) is 17.1 Å². The molecule has 0 atom stereocenters. The molecule has 0 bridgehead atoms. The van der Waals surface area contributed by atoms with Gasteiger partial charge in [0.15, 0.2) is 0 Å². The van der Waals surface area contributed by atoms with E-state index in [1.165, 1.54) is 0 Å². The summed E-state index contributed by atoms with van der Waals surface area (Å²) < 4.78 is 1.75. The molecule has 0 aliphatic carbocycles. The van der Waals surface area contributed by atoms with Crippen LogP contribution in [-0.4, -0.2) is 19.7 Å². The third-order valence-electron chi connectivity index (χ3n) is 3.62. The van der Waals surface area contributed by atoms with Gasteiger partial charge in [0.2, 0.25) is 5.43 Å². The molecule has 4 rings (SSSR count). The number of aryl methyl sites for hydroxylation is 1. The Kier molecular flexibility index (Phi) is 2.41. The van der Waals surface area contributed by atoms with Crippen molar-refractivity contribution in [2.45, 2.75) is 6.92 Å². The van der Waals surface area contributed by atoms with Gasteiger partial charge in [0, 0.05) is 17.8 Å². The molecule has 1 N–H and O–H groups in total. The highest BCUT2D eigenvalue weighted by Crippen LogP contribution is 2.20. The maximum Gasteiger partial charge on any atom is 0.200 e. The van der Waals surface area contributed by atoms with Crippen LogP contribution in [0.5, 0.6) is 0 Å². The van der Waals surface area contributed by atoms with Crippen molar-refractivity contribution < 1.29 is 0 Å². The average Bonchev–Trinajstić information content (AvgIpc) is 2.86. The molecule has 5 heteroatoms. The number of para-hydroxylation sites is 1. The minimum atomic E-state index is 0.0113. The fourth-order valence-corrected chi connectivity index (χ4v) is 2.64. The van der Waals surface area contributed by atoms with E-state index in [0.717, 1.165) is 11.2 Å². The normalized spacial score (nSPS) is 11.3. The van der Waals surface area contributed by atoms with Crippen molar-refractivity contribution in [1.29, 1.82) is 0 Å². The van der Waals surface area contributed by atoms with Crippen LogP contribution < -0.4 is 5.43 Å². The van der Waals surface area contributed by atoms with Gasteiger partial charge in [0.1, 0.15) is 5.65 Å². The second-order valence-electron chi connectivity index (χ2n) is 4.93. The van der Waals surface area contributed by atoms with Crippen LogP contribution in [0.3, 0.4) is 0 Å². The van der Waals surface area contributed by atoms with Gasteiger partial charge in [0.25, 0.3) is 0 Å². The maximum absolute atomic E-state index is 12.7. The number of fused-ring (bicyclic) bond motifs is 2. The number of benzene rings is 1. The molecule has 3 heterocycles.